The Morgan fingerprint density at radius 1 is 1.37 bits per heavy atom. The lowest BCUT2D eigenvalue weighted by molar-refractivity contribution is 0.0493. The number of carbonyl (C=O) groups excluding carboxylic acids is 1. The highest BCUT2D eigenvalue weighted by Gasteiger charge is 2.22. The number of nitrogen functional groups attached to an aromatic ring is 1. The number of halogens is 1. The quantitative estimate of drug-likeness (QED) is 0.556. The maximum atomic E-state index is 11.9. The van der Waals surface area contributed by atoms with Gasteiger partial charge >= 0.3 is 6.09 Å². The first-order chi connectivity index (χ1) is 14.1. The molecule has 3 rings (SSSR count). The molecule has 0 aliphatic rings. The normalized spacial score (nSPS) is 12.7. The second kappa shape index (κ2) is 8.34. The van der Waals surface area contributed by atoms with Crippen LogP contribution in [0, 0.1) is 0 Å². The number of pyridine rings is 1. The van der Waals surface area contributed by atoms with Crippen molar-refractivity contribution < 1.29 is 18.9 Å². The third kappa shape index (κ3) is 4.73. The number of amides is 1. The van der Waals surface area contributed by atoms with E-state index in [-0.39, 0.29) is 29.5 Å². The van der Waals surface area contributed by atoms with Gasteiger partial charge in [0.15, 0.2) is 22.5 Å². The number of aryl methyl sites for hydroxylation is 1. The largest absolute Gasteiger partial charge is 0.475 e. The molecule has 0 radical (unpaired) electrons. The zero-order chi connectivity index (χ0) is 22.1. The van der Waals surface area contributed by atoms with Crippen LogP contribution in [0.4, 0.5) is 10.6 Å². The van der Waals surface area contributed by atoms with E-state index in [1.54, 1.807) is 33.8 Å². The van der Waals surface area contributed by atoms with Gasteiger partial charge in [-0.3, -0.25) is 0 Å². The lowest BCUT2D eigenvalue weighted by atomic mass is 10.2. The monoisotopic (exact) mass is 437 g/mol. The molecule has 0 spiro atoms. The second-order valence-electron chi connectivity index (χ2n) is 7.66. The smallest absolute Gasteiger partial charge is 0.407 e. The van der Waals surface area contributed by atoms with Crippen LogP contribution in [-0.4, -0.2) is 49.2 Å². The van der Waals surface area contributed by atoms with Gasteiger partial charge in [0.2, 0.25) is 5.88 Å². The van der Waals surface area contributed by atoms with Crippen molar-refractivity contribution >= 4 is 34.5 Å². The number of carbonyl (C=O) groups is 1. The maximum Gasteiger partial charge on any atom is 0.407 e. The van der Waals surface area contributed by atoms with Gasteiger partial charge in [0.25, 0.3) is 0 Å². The van der Waals surface area contributed by atoms with Gasteiger partial charge in [-0.15, -0.1) is 0 Å². The highest BCUT2D eigenvalue weighted by Crippen LogP contribution is 2.31. The number of nitrogens with zero attached hydrogens (tertiary/aromatic N) is 5. The zero-order valence-electron chi connectivity index (χ0n) is 17.4. The summed E-state index contributed by atoms with van der Waals surface area (Å²) in [7, 11) is 0. The first-order valence-corrected chi connectivity index (χ1v) is 9.74. The lowest BCUT2D eigenvalue weighted by Gasteiger charge is -2.22. The molecule has 162 valence electrons. The fraction of sp³-hybridized carbons (Fsp3) is 0.500. The molecule has 0 unspecified atom stereocenters. The molecule has 3 N–H and O–H groups in total. The molecule has 3 aromatic rings. The van der Waals surface area contributed by atoms with Crippen LogP contribution in [0.3, 0.4) is 0 Å². The zero-order valence-corrected chi connectivity index (χ0v) is 18.1. The third-order valence-corrected chi connectivity index (χ3v) is 4.22. The summed E-state index contributed by atoms with van der Waals surface area (Å²) in [5, 5.41) is 10.3. The molecule has 3 heterocycles. The first-order valence-electron chi connectivity index (χ1n) is 9.36. The van der Waals surface area contributed by atoms with E-state index in [1.807, 2.05) is 11.5 Å². The molecule has 0 aliphatic carbocycles. The summed E-state index contributed by atoms with van der Waals surface area (Å²) in [6.45, 7) is 9.85. The average molecular weight is 438 g/mol. The highest BCUT2D eigenvalue weighted by molar-refractivity contribution is 6.33. The molecule has 3 aromatic heterocycles. The van der Waals surface area contributed by atoms with Gasteiger partial charge in [-0.2, -0.15) is 4.98 Å². The van der Waals surface area contributed by atoms with Crippen LogP contribution in [0.5, 0.6) is 5.88 Å². The van der Waals surface area contributed by atoms with Crippen LogP contribution in [0.15, 0.2) is 10.7 Å². The number of hydrogen-bond acceptors (Lipinski definition) is 9. The number of ether oxygens (including phenoxy) is 2. The first kappa shape index (κ1) is 21.6. The lowest BCUT2D eigenvalue weighted by Crippen LogP contribution is -2.40. The van der Waals surface area contributed by atoms with Gasteiger partial charge in [-0.25, -0.2) is 14.4 Å². The van der Waals surface area contributed by atoms with Crippen LogP contribution < -0.4 is 15.8 Å². The molecule has 30 heavy (non-hydrogen) atoms. The van der Waals surface area contributed by atoms with Crippen molar-refractivity contribution in [1.82, 2.24) is 30.2 Å². The number of anilines is 1. The van der Waals surface area contributed by atoms with E-state index in [1.165, 1.54) is 0 Å². The molecule has 0 fully saturated rings. The Hall–Kier alpha value is -3.08. The van der Waals surface area contributed by atoms with E-state index < -0.39 is 11.7 Å². The van der Waals surface area contributed by atoms with Crippen molar-refractivity contribution in [3.05, 3.63) is 11.2 Å². The molecule has 0 aromatic carbocycles. The van der Waals surface area contributed by atoms with E-state index in [0.29, 0.717) is 29.1 Å². The molecular weight excluding hydrogens is 414 g/mol. The molecule has 12 heteroatoms. The number of aromatic nitrogens is 5. The van der Waals surface area contributed by atoms with Crippen molar-refractivity contribution in [2.75, 3.05) is 12.3 Å². The molecule has 0 aliphatic heterocycles. The Morgan fingerprint density at radius 3 is 2.70 bits per heavy atom. The van der Waals surface area contributed by atoms with Crippen molar-refractivity contribution in [1.29, 1.82) is 0 Å². The topological polar surface area (TPSA) is 143 Å². The van der Waals surface area contributed by atoms with Gasteiger partial charge in [-0.05, 0) is 44.9 Å². The minimum Gasteiger partial charge on any atom is -0.475 e. The summed E-state index contributed by atoms with van der Waals surface area (Å²) in [5.41, 5.74) is 6.72. The molecule has 0 saturated heterocycles. The molecule has 0 saturated carbocycles. The molecule has 11 nitrogen and oxygen atoms in total. The summed E-state index contributed by atoms with van der Waals surface area (Å²) in [6.07, 6.45) is -0.521. The molecule has 1 atom stereocenters. The van der Waals surface area contributed by atoms with Crippen molar-refractivity contribution in [2.24, 2.45) is 0 Å². The summed E-state index contributed by atoms with van der Waals surface area (Å²) >= 11 is 6.33. The minimum absolute atomic E-state index is 0.127. The number of rotatable bonds is 6. The van der Waals surface area contributed by atoms with Crippen LogP contribution in [0.2, 0.25) is 5.15 Å². The number of imidazole rings is 1. The van der Waals surface area contributed by atoms with Crippen LogP contribution in [0.1, 0.15) is 34.6 Å². The Balaban J connectivity index is 1.79. The second-order valence-corrected chi connectivity index (χ2v) is 8.01. The summed E-state index contributed by atoms with van der Waals surface area (Å²) < 4.78 is 17.5. The maximum absolute atomic E-state index is 11.9. The summed E-state index contributed by atoms with van der Waals surface area (Å²) in [4.78, 5) is 20.6. The standard InChI is InChI=1S/C18H24ClN7O4/c1-6-26-10-7-11(28-8-9(2)21-17(27)29-18(3,4)5)22-14(19)12(10)23-16(26)13-15(20)25-30-24-13/h7,9H,6,8H2,1-5H3,(H2,20,25)(H,21,27)/t9-/m0/s1. The minimum atomic E-state index is -0.580. The van der Waals surface area contributed by atoms with Gasteiger partial charge in [-0.1, -0.05) is 11.6 Å². The Bertz CT molecular complexity index is 1060. The van der Waals surface area contributed by atoms with Gasteiger partial charge in [0.1, 0.15) is 17.7 Å². The molecular formula is C18H24ClN7O4. The summed E-state index contributed by atoms with van der Waals surface area (Å²) in [6, 6.07) is 1.40. The van der Waals surface area contributed by atoms with Crippen LogP contribution in [0.25, 0.3) is 22.6 Å². The Kier molecular flexibility index (Phi) is 6.01. The van der Waals surface area contributed by atoms with E-state index in [2.05, 4.69) is 30.2 Å². The molecule has 0 bridgehead atoms. The predicted molar refractivity (Wildman–Crippen MR) is 110 cm³/mol. The number of nitrogens with one attached hydrogen (secondary N) is 1. The fourth-order valence-corrected chi connectivity index (χ4v) is 2.97. The predicted octanol–water partition coefficient (Wildman–Crippen LogP) is 3.03. The van der Waals surface area contributed by atoms with E-state index in [9.17, 15) is 4.79 Å². The number of alkyl carbamates (subject to hydrolysis) is 1. The fourth-order valence-electron chi connectivity index (χ4n) is 2.75. The van der Waals surface area contributed by atoms with E-state index in [4.69, 9.17) is 26.8 Å². The van der Waals surface area contributed by atoms with Gasteiger partial charge in [0.05, 0.1) is 11.6 Å². The Morgan fingerprint density at radius 2 is 2.10 bits per heavy atom. The van der Waals surface area contributed by atoms with Gasteiger partial charge in [0, 0.05) is 12.6 Å². The van der Waals surface area contributed by atoms with E-state index >= 15 is 0 Å². The van der Waals surface area contributed by atoms with Crippen molar-refractivity contribution in [3.63, 3.8) is 0 Å². The third-order valence-electron chi connectivity index (χ3n) is 3.96. The number of fused-ring (bicyclic) bond motifs is 1. The van der Waals surface area contributed by atoms with E-state index in [0.717, 1.165) is 0 Å². The summed E-state index contributed by atoms with van der Waals surface area (Å²) in [5.74, 6) is 0.882. The van der Waals surface area contributed by atoms with Crippen LogP contribution >= 0.6 is 11.6 Å². The Labute approximate surface area is 177 Å². The highest BCUT2D eigenvalue weighted by atomic mass is 35.5. The molecule has 1 amide bonds. The van der Waals surface area contributed by atoms with Gasteiger partial charge < -0.3 is 25.1 Å². The van der Waals surface area contributed by atoms with Crippen molar-refractivity contribution in [3.8, 4) is 17.4 Å². The number of nitrogens with two attached hydrogens (primary N) is 1. The van der Waals surface area contributed by atoms with Crippen molar-refractivity contribution in [2.45, 2.75) is 52.8 Å². The van der Waals surface area contributed by atoms with Crippen LogP contribution in [-0.2, 0) is 11.3 Å². The number of hydrogen-bond donors (Lipinski definition) is 2. The average Bonchev–Trinajstić information content (AvgIpc) is 3.21. The SMILES string of the molecule is CCn1c(-c2nonc2N)nc2c(Cl)nc(OC[C@H](C)NC(=O)OC(C)(C)C)cc21.